The molecule has 19 heavy (non-hydrogen) atoms. The Kier molecular flexibility index (Phi) is 6.58. The van der Waals surface area contributed by atoms with Gasteiger partial charge in [-0.15, -0.1) is 0 Å². The number of benzene rings is 1. The fraction of sp³-hybridized carbons (Fsp3) is 0.333. The maximum Gasteiger partial charge on any atom is 0.279 e. The third-order valence-electron chi connectivity index (χ3n) is 2.13. The SMILES string of the molecule is CCNC(=S)NNC(=O)[C@H](C)Oc1ccc(Br)cc1. The number of carbonyl (C=O) groups is 1. The second-order valence-corrected chi connectivity index (χ2v) is 5.01. The summed E-state index contributed by atoms with van der Waals surface area (Å²) in [5.74, 6) is 0.322. The number of ether oxygens (including phenoxy) is 1. The van der Waals surface area contributed by atoms with Gasteiger partial charge >= 0.3 is 0 Å². The van der Waals surface area contributed by atoms with Gasteiger partial charge in [-0.3, -0.25) is 15.6 Å². The van der Waals surface area contributed by atoms with Gasteiger partial charge in [0.1, 0.15) is 5.75 Å². The Hall–Kier alpha value is -1.34. The summed E-state index contributed by atoms with van der Waals surface area (Å²) in [7, 11) is 0. The number of carbonyl (C=O) groups excluding carboxylic acids is 1. The van der Waals surface area contributed by atoms with Crippen LogP contribution in [-0.2, 0) is 4.79 Å². The highest BCUT2D eigenvalue weighted by Crippen LogP contribution is 2.17. The number of hydrogen-bond donors (Lipinski definition) is 3. The third kappa shape index (κ3) is 5.89. The highest BCUT2D eigenvalue weighted by Gasteiger charge is 2.14. The molecule has 1 aromatic carbocycles. The van der Waals surface area contributed by atoms with Crippen molar-refractivity contribution >= 4 is 39.2 Å². The minimum absolute atomic E-state index is 0.303. The Bertz CT molecular complexity index is 439. The van der Waals surface area contributed by atoms with Crippen LogP contribution in [0.15, 0.2) is 28.7 Å². The van der Waals surface area contributed by atoms with Crippen molar-refractivity contribution in [3.63, 3.8) is 0 Å². The maximum absolute atomic E-state index is 11.7. The molecule has 0 heterocycles. The van der Waals surface area contributed by atoms with Crippen LogP contribution in [0.2, 0.25) is 0 Å². The quantitative estimate of drug-likeness (QED) is 0.573. The van der Waals surface area contributed by atoms with Crippen LogP contribution >= 0.6 is 28.1 Å². The molecule has 0 spiro atoms. The lowest BCUT2D eigenvalue weighted by molar-refractivity contribution is -0.127. The molecule has 0 radical (unpaired) electrons. The van der Waals surface area contributed by atoms with E-state index in [4.69, 9.17) is 17.0 Å². The minimum Gasteiger partial charge on any atom is -0.481 e. The number of halogens is 1. The van der Waals surface area contributed by atoms with E-state index in [9.17, 15) is 4.79 Å². The topological polar surface area (TPSA) is 62.4 Å². The van der Waals surface area contributed by atoms with Crippen LogP contribution in [0.3, 0.4) is 0 Å². The lowest BCUT2D eigenvalue weighted by Crippen LogP contribution is -2.50. The van der Waals surface area contributed by atoms with E-state index in [1.807, 2.05) is 19.1 Å². The molecule has 0 fully saturated rings. The second-order valence-electron chi connectivity index (χ2n) is 3.69. The Morgan fingerprint density at radius 3 is 2.58 bits per heavy atom. The van der Waals surface area contributed by atoms with Crippen LogP contribution in [0.4, 0.5) is 0 Å². The largest absolute Gasteiger partial charge is 0.481 e. The highest BCUT2D eigenvalue weighted by molar-refractivity contribution is 9.10. The minimum atomic E-state index is -0.627. The first-order chi connectivity index (χ1) is 9.02. The molecule has 0 unspecified atom stereocenters. The van der Waals surface area contributed by atoms with Gasteiger partial charge in [-0.1, -0.05) is 15.9 Å². The molecule has 0 aromatic heterocycles. The first-order valence-corrected chi connectivity index (χ1v) is 6.99. The fourth-order valence-electron chi connectivity index (χ4n) is 1.20. The van der Waals surface area contributed by atoms with Crippen molar-refractivity contribution in [3.8, 4) is 5.75 Å². The van der Waals surface area contributed by atoms with Gasteiger partial charge in [-0.05, 0) is 50.3 Å². The standard InChI is InChI=1S/C12H16BrN3O2S/c1-3-14-12(19)16-15-11(17)8(2)18-10-6-4-9(13)5-7-10/h4-8H,3H2,1-2H3,(H,15,17)(H2,14,16,19)/t8-/m0/s1. The van der Waals surface area contributed by atoms with Gasteiger partial charge in [-0.25, -0.2) is 0 Å². The number of amides is 1. The molecule has 1 atom stereocenters. The van der Waals surface area contributed by atoms with E-state index in [1.54, 1.807) is 19.1 Å². The zero-order valence-electron chi connectivity index (χ0n) is 10.7. The maximum atomic E-state index is 11.7. The van der Waals surface area contributed by atoms with Gasteiger partial charge in [0.25, 0.3) is 5.91 Å². The molecule has 7 heteroatoms. The number of nitrogens with one attached hydrogen (secondary N) is 3. The van der Waals surface area contributed by atoms with Crippen molar-refractivity contribution in [1.82, 2.24) is 16.2 Å². The van der Waals surface area contributed by atoms with E-state index in [1.165, 1.54) is 0 Å². The summed E-state index contributed by atoms with van der Waals surface area (Å²) in [5, 5.41) is 3.22. The van der Waals surface area contributed by atoms with Crippen molar-refractivity contribution in [1.29, 1.82) is 0 Å². The van der Waals surface area contributed by atoms with Gasteiger partial charge < -0.3 is 10.1 Å². The molecular weight excluding hydrogens is 330 g/mol. The molecule has 3 N–H and O–H groups in total. The fourth-order valence-corrected chi connectivity index (χ4v) is 1.66. The Morgan fingerprint density at radius 2 is 2.00 bits per heavy atom. The van der Waals surface area contributed by atoms with Crippen molar-refractivity contribution < 1.29 is 9.53 Å². The normalized spacial score (nSPS) is 11.3. The molecule has 0 aliphatic rings. The van der Waals surface area contributed by atoms with Crippen molar-refractivity contribution in [2.45, 2.75) is 20.0 Å². The first-order valence-electron chi connectivity index (χ1n) is 5.79. The van der Waals surface area contributed by atoms with Crippen molar-refractivity contribution in [2.75, 3.05) is 6.54 Å². The smallest absolute Gasteiger partial charge is 0.279 e. The summed E-state index contributed by atoms with van der Waals surface area (Å²) in [6.45, 7) is 4.26. The van der Waals surface area contributed by atoms with Crippen LogP contribution in [0, 0.1) is 0 Å². The lowest BCUT2D eigenvalue weighted by atomic mass is 10.3. The first kappa shape index (κ1) is 15.7. The summed E-state index contributed by atoms with van der Waals surface area (Å²) in [6, 6.07) is 7.26. The zero-order chi connectivity index (χ0) is 14.3. The Morgan fingerprint density at radius 1 is 1.37 bits per heavy atom. The van der Waals surface area contributed by atoms with E-state index in [2.05, 4.69) is 32.1 Å². The van der Waals surface area contributed by atoms with E-state index < -0.39 is 6.10 Å². The van der Waals surface area contributed by atoms with Crippen LogP contribution in [0.5, 0.6) is 5.75 Å². The Labute approximate surface area is 126 Å². The predicted molar refractivity (Wildman–Crippen MR) is 81.8 cm³/mol. The van der Waals surface area contributed by atoms with Crippen molar-refractivity contribution in [2.24, 2.45) is 0 Å². The molecule has 0 bridgehead atoms. The van der Waals surface area contributed by atoms with Gasteiger partial charge in [0.2, 0.25) is 0 Å². The van der Waals surface area contributed by atoms with E-state index in [0.29, 0.717) is 17.4 Å². The van der Waals surface area contributed by atoms with Crippen molar-refractivity contribution in [3.05, 3.63) is 28.7 Å². The summed E-state index contributed by atoms with van der Waals surface area (Å²) in [5.41, 5.74) is 5.06. The molecule has 5 nitrogen and oxygen atoms in total. The van der Waals surface area contributed by atoms with E-state index >= 15 is 0 Å². The zero-order valence-corrected chi connectivity index (χ0v) is 13.1. The average Bonchev–Trinajstić information content (AvgIpc) is 2.39. The predicted octanol–water partition coefficient (Wildman–Crippen LogP) is 1.73. The van der Waals surface area contributed by atoms with Gasteiger partial charge in [-0.2, -0.15) is 0 Å². The van der Waals surface area contributed by atoms with Crippen LogP contribution < -0.4 is 20.9 Å². The third-order valence-corrected chi connectivity index (χ3v) is 2.91. The molecule has 104 valence electrons. The molecule has 1 rings (SSSR count). The monoisotopic (exact) mass is 345 g/mol. The van der Waals surface area contributed by atoms with Crippen LogP contribution in [0.1, 0.15) is 13.8 Å². The molecule has 0 aliphatic carbocycles. The van der Waals surface area contributed by atoms with Gasteiger partial charge in [0.05, 0.1) is 0 Å². The van der Waals surface area contributed by atoms with E-state index in [0.717, 1.165) is 4.47 Å². The summed E-state index contributed by atoms with van der Waals surface area (Å²) in [4.78, 5) is 11.7. The summed E-state index contributed by atoms with van der Waals surface area (Å²) < 4.78 is 6.44. The Balaban J connectivity index is 2.40. The number of rotatable bonds is 4. The summed E-state index contributed by atoms with van der Waals surface area (Å²) in [6.07, 6.45) is -0.627. The van der Waals surface area contributed by atoms with E-state index in [-0.39, 0.29) is 5.91 Å². The molecule has 0 saturated carbocycles. The second kappa shape index (κ2) is 7.96. The number of thiocarbonyl (C=S) groups is 1. The lowest BCUT2D eigenvalue weighted by Gasteiger charge is -2.16. The molecule has 0 saturated heterocycles. The number of hydrazine groups is 1. The number of hydrogen-bond acceptors (Lipinski definition) is 3. The molecule has 1 aromatic rings. The molecular formula is C12H16BrN3O2S. The van der Waals surface area contributed by atoms with Gasteiger partial charge in [0.15, 0.2) is 11.2 Å². The van der Waals surface area contributed by atoms with Crippen LogP contribution in [-0.4, -0.2) is 23.7 Å². The average molecular weight is 346 g/mol. The summed E-state index contributed by atoms with van der Waals surface area (Å²) >= 11 is 8.25. The highest BCUT2D eigenvalue weighted by atomic mass is 79.9. The van der Waals surface area contributed by atoms with Gasteiger partial charge in [0, 0.05) is 11.0 Å². The van der Waals surface area contributed by atoms with Crippen LogP contribution in [0.25, 0.3) is 0 Å². The molecule has 0 aliphatic heterocycles. The molecule has 1 amide bonds.